The Morgan fingerprint density at radius 3 is 1.74 bits per heavy atom. The van der Waals surface area contributed by atoms with Gasteiger partial charge in [-0.15, -0.1) is 0 Å². The van der Waals surface area contributed by atoms with Gasteiger partial charge in [0.15, 0.2) is 0 Å². The van der Waals surface area contributed by atoms with Crippen molar-refractivity contribution in [3.05, 3.63) is 290 Å². The van der Waals surface area contributed by atoms with E-state index in [1.165, 1.54) is 82.3 Å². The summed E-state index contributed by atoms with van der Waals surface area (Å²) in [5.74, 6) is 0. The van der Waals surface area contributed by atoms with Crippen LogP contribution in [0.1, 0.15) is 17.5 Å². The van der Waals surface area contributed by atoms with E-state index in [-0.39, 0.29) is 0 Å². The van der Waals surface area contributed by atoms with E-state index in [9.17, 15) is 0 Å². The summed E-state index contributed by atoms with van der Waals surface area (Å²) in [5.41, 5.74) is 15.8. The Bertz CT molecular complexity index is 3960. The Balaban J connectivity index is 1.06. The third kappa shape index (κ3) is 6.87. The van der Waals surface area contributed by atoms with Gasteiger partial charge in [-0.25, -0.2) is 0 Å². The second-order valence-corrected chi connectivity index (χ2v) is 18.4. The van der Waals surface area contributed by atoms with Gasteiger partial charge in [-0.3, -0.25) is 0 Å². The van der Waals surface area contributed by atoms with Crippen molar-refractivity contribution < 1.29 is 0 Å². The molecule has 0 N–H and O–H groups in total. The number of hydrogen-bond acceptors (Lipinski definition) is 1. The fourth-order valence-corrected chi connectivity index (χ4v) is 11.4. The number of para-hydroxylation sites is 2. The normalized spacial score (nSPS) is 14.6. The van der Waals surface area contributed by atoms with Crippen molar-refractivity contribution in [1.82, 2.24) is 4.57 Å². The molecule has 0 radical (unpaired) electrons. The molecule has 0 aliphatic heterocycles. The fraction of sp³-hybridized carbons (Fsp3) is 0.0294. The van der Waals surface area contributed by atoms with Crippen molar-refractivity contribution in [2.24, 2.45) is 0 Å². The van der Waals surface area contributed by atoms with Gasteiger partial charge in [0.25, 0.3) is 0 Å². The number of anilines is 2. The van der Waals surface area contributed by atoms with Gasteiger partial charge in [-0.2, -0.15) is 0 Å². The molecule has 2 nitrogen and oxygen atoms in total. The summed E-state index contributed by atoms with van der Waals surface area (Å²) in [7, 11) is 0. The molecule has 1 atom stereocenters. The molecule has 1 heterocycles. The van der Waals surface area contributed by atoms with Crippen LogP contribution in [0.25, 0.3) is 88.0 Å². The molecule has 0 saturated heterocycles. The molecule has 0 amide bonds. The van der Waals surface area contributed by atoms with Crippen LogP contribution >= 0.6 is 0 Å². The summed E-state index contributed by atoms with van der Waals surface area (Å²) < 4.78 is 2.41. The Labute approximate surface area is 409 Å². The first-order valence-electron chi connectivity index (χ1n) is 24.3. The summed E-state index contributed by atoms with van der Waals surface area (Å²) in [6.45, 7) is 0. The maximum absolute atomic E-state index is 2.64. The fourth-order valence-electron chi connectivity index (χ4n) is 11.4. The molecule has 1 aromatic heterocycles. The highest BCUT2D eigenvalue weighted by molar-refractivity contribution is 6.14. The van der Waals surface area contributed by atoms with Gasteiger partial charge in [0.2, 0.25) is 0 Å². The van der Waals surface area contributed by atoms with Crippen molar-refractivity contribution in [1.29, 1.82) is 0 Å². The average Bonchev–Trinajstić information content (AvgIpc) is 3.78. The van der Waals surface area contributed by atoms with E-state index in [4.69, 9.17) is 0 Å². The SMILES string of the molecule is C1=CCC(c2ccccc2-c2ccccc2)(N(c2ccc(-c3cc4ccccc4c4ccccc34)cc2)c2cccc(-c3ccc4c5ccccc5n(-c5ccccc5)c4c3)c2)C(c2ccccc2)=C1. The Kier molecular flexibility index (Phi) is 10.2. The largest absolute Gasteiger partial charge is 0.327 e. The number of nitrogens with zero attached hydrogens (tertiary/aromatic N) is 2. The molecular formula is C68H48N2. The van der Waals surface area contributed by atoms with Crippen LogP contribution in [0.2, 0.25) is 0 Å². The number of benzene rings is 11. The number of fused-ring (bicyclic) bond motifs is 6. The summed E-state index contributed by atoms with van der Waals surface area (Å²) in [5, 5.41) is 7.52. The summed E-state index contributed by atoms with van der Waals surface area (Å²) >= 11 is 0. The lowest BCUT2D eigenvalue weighted by atomic mass is 9.70. The number of rotatable bonds is 9. The van der Waals surface area contributed by atoms with Crippen molar-refractivity contribution in [3.63, 3.8) is 0 Å². The van der Waals surface area contributed by atoms with Crippen LogP contribution in [-0.2, 0) is 5.54 Å². The Hall–Kier alpha value is -8.98. The molecule has 2 heteroatoms. The third-order valence-electron chi connectivity index (χ3n) is 14.5. The second kappa shape index (κ2) is 17.3. The minimum Gasteiger partial charge on any atom is -0.327 e. The van der Waals surface area contributed by atoms with Crippen LogP contribution < -0.4 is 4.90 Å². The molecule has 0 spiro atoms. The minimum atomic E-state index is -0.692. The summed E-state index contributed by atoms with van der Waals surface area (Å²) in [6, 6.07) is 96.0. The molecule has 11 aromatic carbocycles. The smallest absolute Gasteiger partial charge is 0.100 e. The molecule has 12 aromatic rings. The van der Waals surface area contributed by atoms with E-state index in [0.29, 0.717) is 0 Å². The predicted molar refractivity (Wildman–Crippen MR) is 297 cm³/mol. The van der Waals surface area contributed by atoms with E-state index in [0.717, 1.165) is 34.6 Å². The molecule has 1 aliphatic rings. The van der Waals surface area contributed by atoms with Gasteiger partial charge in [-0.05, 0) is 133 Å². The summed E-state index contributed by atoms with van der Waals surface area (Å²) in [4.78, 5) is 2.64. The highest BCUT2D eigenvalue weighted by Crippen LogP contribution is 2.54. The zero-order valence-electron chi connectivity index (χ0n) is 38.7. The minimum absolute atomic E-state index is 0.692. The quantitative estimate of drug-likeness (QED) is 0.131. The standard InChI is InChI=1S/C68H48N2/c1-4-21-48(22-5-1)58-31-14-16-36-65(58)68(44-19-18-35-64(68)50-23-6-2-7-24-50)70(55-41-38-49(39-42-55)63-46-53-25-10-11-30-57(53)59-32-12-13-33-60(59)63)56-29-20-26-51(45-56)52-40-43-62-61-34-15-17-37-66(61)69(67(62)47-52)54-27-8-3-9-28-54/h1-43,45-47H,44H2. The monoisotopic (exact) mass is 892 g/mol. The first kappa shape index (κ1) is 41.2. The number of aromatic nitrogens is 1. The molecule has 13 rings (SSSR count). The first-order valence-corrected chi connectivity index (χ1v) is 24.3. The van der Waals surface area contributed by atoms with Crippen LogP contribution in [0.5, 0.6) is 0 Å². The second-order valence-electron chi connectivity index (χ2n) is 18.4. The van der Waals surface area contributed by atoms with Crippen LogP contribution in [0, 0.1) is 0 Å². The highest BCUT2D eigenvalue weighted by atomic mass is 15.2. The number of allylic oxidation sites excluding steroid dienone is 2. The highest BCUT2D eigenvalue weighted by Gasteiger charge is 2.45. The first-order chi connectivity index (χ1) is 34.7. The predicted octanol–water partition coefficient (Wildman–Crippen LogP) is 18.2. The van der Waals surface area contributed by atoms with Gasteiger partial charge in [0, 0.05) is 27.8 Å². The maximum Gasteiger partial charge on any atom is 0.100 e. The van der Waals surface area contributed by atoms with Crippen molar-refractivity contribution in [3.8, 4) is 39.1 Å². The van der Waals surface area contributed by atoms with E-state index in [1.807, 2.05) is 0 Å². The average molecular weight is 893 g/mol. The molecule has 1 aliphatic carbocycles. The van der Waals surface area contributed by atoms with Gasteiger partial charge in [-0.1, -0.05) is 224 Å². The lowest BCUT2D eigenvalue weighted by Gasteiger charge is -2.49. The van der Waals surface area contributed by atoms with Crippen LogP contribution in [-0.4, -0.2) is 4.57 Å². The molecule has 1 unspecified atom stereocenters. The molecule has 330 valence electrons. The molecular weight excluding hydrogens is 845 g/mol. The molecule has 0 saturated carbocycles. The Morgan fingerprint density at radius 2 is 0.943 bits per heavy atom. The zero-order chi connectivity index (χ0) is 46.4. The van der Waals surface area contributed by atoms with E-state index in [2.05, 4.69) is 289 Å². The van der Waals surface area contributed by atoms with E-state index < -0.39 is 5.54 Å². The Morgan fingerprint density at radius 1 is 0.357 bits per heavy atom. The lowest BCUT2D eigenvalue weighted by molar-refractivity contribution is 0.568. The maximum atomic E-state index is 2.64. The van der Waals surface area contributed by atoms with E-state index >= 15 is 0 Å². The molecule has 0 fully saturated rings. The zero-order valence-corrected chi connectivity index (χ0v) is 38.7. The topological polar surface area (TPSA) is 8.17 Å². The van der Waals surface area contributed by atoms with Crippen molar-refractivity contribution in [2.45, 2.75) is 12.0 Å². The third-order valence-corrected chi connectivity index (χ3v) is 14.5. The van der Waals surface area contributed by atoms with Gasteiger partial charge >= 0.3 is 0 Å². The molecule has 0 bridgehead atoms. The van der Waals surface area contributed by atoms with Gasteiger partial charge in [0.1, 0.15) is 5.54 Å². The lowest BCUT2D eigenvalue weighted by Crippen LogP contribution is -2.45. The van der Waals surface area contributed by atoms with Crippen molar-refractivity contribution >= 4 is 60.3 Å². The van der Waals surface area contributed by atoms with Gasteiger partial charge < -0.3 is 9.47 Å². The van der Waals surface area contributed by atoms with Crippen LogP contribution in [0.4, 0.5) is 11.4 Å². The van der Waals surface area contributed by atoms with E-state index in [1.54, 1.807) is 0 Å². The molecule has 70 heavy (non-hydrogen) atoms. The van der Waals surface area contributed by atoms with Crippen molar-refractivity contribution in [2.75, 3.05) is 4.90 Å². The van der Waals surface area contributed by atoms with Crippen LogP contribution in [0.3, 0.4) is 0 Å². The summed E-state index contributed by atoms with van der Waals surface area (Å²) in [6.07, 6.45) is 7.69. The van der Waals surface area contributed by atoms with Crippen LogP contribution in [0.15, 0.2) is 279 Å². The van der Waals surface area contributed by atoms with Gasteiger partial charge in [0.05, 0.1) is 11.0 Å². The number of hydrogen-bond donors (Lipinski definition) is 0.